The third-order valence-corrected chi connectivity index (χ3v) is 5.27. The highest BCUT2D eigenvalue weighted by Crippen LogP contribution is 2.16. The van der Waals surface area contributed by atoms with Gasteiger partial charge in [-0.3, -0.25) is 4.98 Å². The van der Waals surface area contributed by atoms with Crippen LogP contribution in [0.3, 0.4) is 0 Å². The molecule has 3 heterocycles. The van der Waals surface area contributed by atoms with Crippen molar-refractivity contribution >= 4 is 21.8 Å². The SMILES string of the molecule is Cc1cc(N2CCOCC2)nc(NCCNS(=O)(=O)c2cccnc2)n1. The molecule has 1 fully saturated rings. The number of nitrogens with one attached hydrogen (secondary N) is 2. The number of aryl methyl sites for hydroxylation is 1. The van der Waals surface area contributed by atoms with Gasteiger partial charge in [0.05, 0.1) is 13.2 Å². The Morgan fingerprint density at radius 2 is 2.04 bits per heavy atom. The van der Waals surface area contributed by atoms with Gasteiger partial charge in [0.15, 0.2) is 0 Å². The molecule has 0 amide bonds. The van der Waals surface area contributed by atoms with Crippen LogP contribution in [-0.4, -0.2) is 62.8 Å². The molecule has 1 saturated heterocycles. The van der Waals surface area contributed by atoms with Gasteiger partial charge < -0.3 is 15.0 Å². The predicted octanol–water partition coefficient (Wildman–Crippen LogP) is 0.407. The van der Waals surface area contributed by atoms with E-state index < -0.39 is 10.0 Å². The Morgan fingerprint density at radius 3 is 2.77 bits per heavy atom. The molecule has 9 nitrogen and oxygen atoms in total. The summed E-state index contributed by atoms with van der Waals surface area (Å²) in [4.78, 5) is 15.0. The first-order valence-corrected chi connectivity index (χ1v) is 9.85. The quantitative estimate of drug-likeness (QED) is 0.667. The van der Waals surface area contributed by atoms with Crippen molar-refractivity contribution in [3.63, 3.8) is 0 Å². The van der Waals surface area contributed by atoms with Crippen molar-refractivity contribution in [3.8, 4) is 0 Å². The van der Waals surface area contributed by atoms with E-state index in [1.807, 2.05) is 13.0 Å². The van der Waals surface area contributed by atoms with E-state index in [9.17, 15) is 8.42 Å². The van der Waals surface area contributed by atoms with Crippen molar-refractivity contribution in [2.45, 2.75) is 11.8 Å². The zero-order valence-corrected chi connectivity index (χ0v) is 15.4. The third-order valence-electron chi connectivity index (χ3n) is 3.82. The Labute approximate surface area is 152 Å². The topological polar surface area (TPSA) is 109 Å². The number of morpholine rings is 1. The van der Waals surface area contributed by atoms with Crippen molar-refractivity contribution in [2.24, 2.45) is 0 Å². The highest BCUT2D eigenvalue weighted by molar-refractivity contribution is 7.89. The fraction of sp³-hybridized carbons (Fsp3) is 0.438. The molecule has 1 aliphatic heterocycles. The molecule has 0 atom stereocenters. The first-order valence-electron chi connectivity index (χ1n) is 8.36. The Kier molecular flexibility index (Phi) is 5.96. The second-order valence-corrected chi connectivity index (χ2v) is 7.57. The van der Waals surface area contributed by atoms with Crippen LogP contribution < -0.4 is 14.9 Å². The Hall–Kier alpha value is -2.30. The first-order chi connectivity index (χ1) is 12.5. The summed E-state index contributed by atoms with van der Waals surface area (Å²) in [6.07, 6.45) is 2.84. The number of sulfonamides is 1. The summed E-state index contributed by atoms with van der Waals surface area (Å²) in [5.41, 5.74) is 0.847. The first kappa shape index (κ1) is 18.5. The molecule has 1 aliphatic rings. The minimum absolute atomic E-state index is 0.140. The molecule has 2 aromatic rings. The molecule has 0 unspecified atom stereocenters. The van der Waals surface area contributed by atoms with Crippen LogP contribution in [0.2, 0.25) is 0 Å². The summed E-state index contributed by atoms with van der Waals surface area (Å²) in [5, 5.41) is 3.07. The monoisotopic (exact) mass is 378 g/mol. The van der Waals surface area contributed by atoms with E-state index >= 15 is 0 Å². The predicted molar refractivity (Wildman–Crippen MR) is 97.7 cm³/mol. The number of hydrogen-bond acceptors (Lipinski definition) is 8. The summed E-state index contributed by atoms with van der Waals surface area (Å²) < 4.78 is 32.1. The summed E-state index contributed by atoms with van der Waals surface area (Å²) in [6, 6.07) is 5.02. The van der Waals surface area contributed by atoms with Crippen LogP contribution in [0.25, 0.3) is 0 Å². The van der Waals surface area contributed by atoms with Crippen molar-refractivity contribution in [3.05, 3.63) is 36.3 Å². The molecule has 0 saturated carbocycles. The lowest BCUT2D eigenvalue weighted by molar-refractivity contribution is 0.122. The lowest BCUT2D eigenvalue weighted by atomic mass is 10.3. The minimum atomic E-state index is -3.56. The molecule has 0 bridgehead atoms. The molecule has 0 spiro atoms. The normalized spacial score (nSPS) is 15.0. The molecular weight excluding hydrogens is 356 g/mol. The van der Waals surface area contributed by atoms with Gasteiger partial charge in [0.25, 0.3) is 0 Å². The van der Waals surface area contributed by atoms with Crippen LogP contribution in [0.4, 0.5) is 11.8 Å². The van der Waals surface area contributed by atoms with Crippen LogP contribution >= 0.6 is 0 Å². The van der Waals surface area contributed by atoms with Gasteiger partial charge in [0, 0.05) is 50.3 Å². The van der Waals surface area contributed by atoms with Crippen molar-refractivity contribution in [2.75, 3.05) is 49.6 Å². The summed E-state index contributed by atoms with van der Waals surface area (Å²) in [7, 11) is -3.56. The third kappa shape index (κ3) is 4.87. The molecule has 0 aliphatic carbocycles. The van der Waals surface area contributed by atoms with E-state index in [0.717, 1.165) is 24.6 Å². The highest BCUT2D eigenvalue weighted by Gasteiger charge is 2.15. The van der Waals surface area contributed by atoms with Gasteiger partial charge >= 0.3 is 0 Å². The van der Waals surface area contributed by atoms with Crippen LogP contribution in [-0.2, 0) is 14.8 Å². The number of aromatic nitrogens is 3. The maximum absolute atomic E-state index is 12.1. The van der Waals surface area contributed by atoms with Crippen molar-refractivity contribution in [1.82, 2.24) is 19.7 Å². The maximum atomic E-state index is 12.1. The minimum Gasteiger partial charge on any atom is -0.378 e. The number of pyridine rings is 1. The maximum Gasteiger partial charge on any atom is 0.242 e. The van der Waals surface area contributed by atoms with Crippen LogP contribution in [0.1, 0.15) is 5.69 Å². The molecule has 0 aromatic carbocycles. The standard InChI is InChI=1S/C16H22N6O3S/c1-13-11-15(22-7-9-25-10-8-22)21-16(20-13)18-5-6-19-26(23,24)14-3-2-4-17-12-14/h2-4,11-12,19H,5-10H2,1H3,(H,18,20,21). The van der Waals surface area contributed by atoms with Gasteiger partial charge in [-0.2, -0.15) is 4.98 Å². The number of hydrogen-bond donors (Lipinski definition) is 2. The second kappa shape index (κ2) is 8.39. The summed E-state index contributed by atoms with van der Waals surface area (Å²) in [6.45, 7) is 5.43. The Bertz CT molecular complexity index is 825. The van der Waals surface area contributed by atoms with Crippen LogP contribution in [0.15, 0.2) is 35.5 Å². The second-order valence-electron chi connectivity index (χ2n) is 5.80. The van der Waals surface area contributed by atoms with E-state index in [4.69, 9.17) is 4.74 Å². The van der Waals surface area contributed by atoms with Gasteiger partial charge in [0.1, 0.15) is 10.7 Å². The smallest absolute Gasteiger partial charge is 0.242 e. The Balaban J connectivity index is 1.55. The molecule has 2 N–H and O–H groups in total. The zero-order valence-electron chi connectivity index (χ0n) is 14.6. The molecule has 0 radical (unpaired) electrons. The summed E-state index contributed by atoms with van der Waals surface area (Å²) in [5.74, 6) is 1.33. The van der Waals surface area contributed by atoms with Gasteiger partial charge in [-0.1, -0.05) is 0 Å². The highest BCUT2D eigenvalue weighted by atomic mass is 32.2. The Morgan fingerprint density at radius 1 is 1.23 bits per heavy atom. The lowest BCUT2D eigenvalue weighted by Gasteiger charge is -2.28. The van der Waals surface area contributed by atoms with E-state index in [1.54, 1.807) is 6.07 Å². The average Bonchev–Trinajstić information content (AvgIpc) is 2.66. The van der Waals surface area contributed by atoms with Gasteiger partial charge in [-0.15, -0.1) is 0 Å². The van der Waals surface area contributed by atoms with Gasteiger partial charge in [-0.05, 0) is 19.1 Å². The van der Waals surface area contributed by atoms with E-state index in [-0.39, 0.29) is 11.4 Å². The number of nitrogens with zero attached hydrogens (tertiary/aromatic N) is 4. The molecule has 10 heteroatoms. The van der Waals surface area contributed by atoms with Crippen LogP contribution in [0.5, 0.6) is 0 Å². The molecule has 26 heavy (non-hydrogen) atoms. The number of ether oxygens (including phenoxy) is 1. The fourth-order valence-electron chi connectivity index (χ4n) is 2.53. The number of rotatable bonds is 7. The average molecular weight is 378 g/mol. The fourth-order valence-corrected chi connectivity index (χ4v) is 3.53. The largest absolute Gasteiger partial charge is 0.378 e. The van der Waals surface area contributed by atoms with Crippen molar-refractivity contribution < 1.29 is 13.2 Å². The summed E-state index contributed by atoms with van der Waals surface area (Å²) >= 11 is 0. The lowest BCUT2D eigenvalue weighted by Crippen LogP contribution is -2.37. The van der Waals surface area contributed by atoms with Crippen molar-refractivity contribution in [1.29, 1.82) is 0 Å². The molecule has 3 rings (SSSR count). The molecular formula is C16H22N6O3S. The number of anilines is 2. The van der Waals surface area contributed by atoms with Crippen LogP contribution in [0, 0.1) is 6.92 Å². The molecule has 2 aromatic heterocycles. The van der Waals surface area contributed by atoms with E-state index in [0.29, 0.717) is 25.7 Å². The zero-order chi connectivity index (χ0) is 18.4. The van der Waals surface area contributed by atoms with Gasteiger partial charge in [0.2, 0.25) is 16.0 Å². The van der Waals surface area contributed by atoms with E-state index in [2.05, 4.69) is 29.9 Å². The van der Waals surface area contributed by atoms with E-state index in [1.165, 1.54) is 18.5 Å². The molecule has 140 valence electrons. The van der Waals surface area contributed by atoms with Gasteiger partial charge in [-0.25, -0.2) is 18.1 Å².